The first-order chi connectivity index (χ1) is 15.3. The summed E-state index contributed by atoms with van der Waals surface area (Å²) in [6.45, 7) is 1.80. The van der Waals surface area contributed by atoms with Crippen molar-refractivity contribution in [3.05, 3.63) is 71.8 Å². The zero-order chi connectivity index (χ0) is 22.9. The topological polar surface area (TPSA) is 99.8 Å². The highest BCUT2D eigenvalue weighted by molar-refractivity contribution is 6.05. The maximum Gasteiger partial charge on any atom is 0.416 e. The van der Waals surface area contributed by atoms with Crippen LogP contribution in [0, 0.1) is 6.92 Å². The van der Waals surface area contributed by atoms with Gasteiger partial charge in [0.15, 0.2) is 11.4 Å². The Balaban J connectivity index is 1.65. The van der Waals surface area contributed by atoms with E-state index in [2.05, 4.69) is 25.9 Å². The minimum atomic E-state index is -4.50. The standard InChI is InChI=1S/C20H16F3N7O2/c1-12-6-7-15(30-11-24-27-28-30)9-16(12)25-19(31)18-17(32-2)10-29(26-18)14-5-3-4-13(8-14)20(21,22)23/h3-11H,1-2H3,(H,25,31). The van der Waals surface area contributed by atoms with E-state index < -0.39 is 17.6 Å². The third-order valence-corrected chi connectivity index (χ3v) is 4.64. The Bertz CT molecular complexity index is 1270. The summed E-state index contributed by atoms with van der Waals surface area (Å²) in [4.78, 5) is 12.9. The van der Waals surface area contributed by atoms with Crippen LogP contribution >= 0.6 is 0 Å². The maximum absolute atomic E-state index is 13.0. The number of rotatable bonds is 5. The molecule has 0 radical (unpaired) electrons. The van der Waals surface area contributed by atoms with Crippen molar-refractivity contribution in [1.82, 2.24) is 30.0 Å². The number of nitrogens with one attached hydrogen (secondary N) is 1. The van der Waals surface area contributed by atoms with Gasteiger partial charge in [-0.25, -0.2) is 9.36 Å². The molecule has 0 fully saturated rings. The first-order valence-corrected chi connectivity index (χ1v) is 9.23. The van der Waals surface area contributed by atoms with Crippen LogP contribution in [-0.4, -0.2) is 43.0 Å². The van der Waals surface area contributed by atoms with Gasteiger partial charge in [-0.3, -0.25) is 4.79 Å². The number of aryl methyl sites for hydroxylation is 1. The second-order valence-electron chi connectivity index (χ2n) is 6.75. The smallest absolute Gasteiger partial charge is 0.416 e. The number of ether oxygens (including phenoxy) is 1. The fourth-order valence-electron chi connectivity index (χ4n) is 2.97. The van der Waals surface area contributed by atoms with Crippen LogP contribution in [0.25, 0.3) is 11.4 Å². The van der Waals surface area contributed by atoms with Gasteiger partial charge in [-0.1, -0.05) is 12.1 Å². The molecule has 0 saturated carbocycles. The number of hydrogen-bond acceptors (Lipinski definition) is 6. The quantitative estimate of drug-likeness (QED) is 0.507. The van der Waals surface area contributed by atoms with Gasteiger partial charge in [0.2, 0.25) is 0 Å². The van der Waals surface area contributed by atoms with Crippen molar-refractivity contribution in [2.45, 2.75) is 13.1 Å². The lowest BCUT2D eigenvalue weighted by Crippen LogP contribution is -2.15. The number of carbonyl (C=O) groups is 1. The summed E-state index contributed by atoms with van der Waals surface area (Å²) >= 11 is 0. The second-order valence-corrected chi connectivity index (χ2v) is 6.75. The Labute approximate surface area is 179 Å². The molecular weight excluding hydrogens is 427 g/mol. The Hall–Kier alpha value is -4.22. The predicted molar refractivity (Wildman–Crippen MR) is 107 cm³/mol. The third-order valence-electron chi connectivity index (χ3n) is 4.64. The van der Waals surface area contributed by atoms with Crippen LogP contribution in [0.15, 0.2) is 55.0 Å². The molecule has 0 atom stereocenters. The first kappa shape index (κ1) is 21.0. The van der Waals surface area contributed by atoms with E-state index in [1.165, 1.54) is 36.4 Å². The molecule has 4 rings (SSSR count). The van der Waals surface area contributed by atoms with Crippen molar-refractivity contribution < 1.29 is 22.7 Å². The number of carbonyl (C=O) groups excluding carboxylic acids is 1. The molecule has 164 valence electrons. The zero-order valence-corrected chi connectivity index (χ0v) is 16.8. The van der Waals surface area contributed by atoms with Crippen LogP contribution in [0.4, 0.5) is 18.9 Å². The molecule has 1 N–H and O–H groups in total. The molecule has 0 spiro atoms. The molecule has 0 aliphatic rings. The van der Waals surface area contributed by atoms with E-state index in [1.54, 1.807) is 25.1 Å². The molecule has 12 heteroatoms. The number of benzene rings is 2. The monoisotopic (exact) mass is 443 g/mol. The van der Waals surface area contributed by atoms with Gasteiger partial charge in [-0.05, 0) is 53.2 Å². The van der Waals surface area contributed by atoms with Crippen LogP contribution in [0.3, 0.4) is 0 Å². The maximum atomic E-state index is 13.0. The lowest BCUT2D eigenvalue weighted by molar-refractivity contribution is -0.137. The Kier molecular flexibility index (Phi) is 5.34. The highest BCUT2D eigenvalue weighted by atomic mass is 19.4. The molecule has 4 aromatic rings. The number of anilines is 1. The van der Waals surface area contributed by atoms with Gasteiger partial charge < -0.3 is 10.1 Å². The van der Waals surface area contributed by atoms with E-state index in [9.17, 15) is 18.0 Å². The molecule has 0 bridgehead atoms. The largest absolute Gasteiger partial charge is 0.493 e. The number of halogens is 3. The lowest BCUT2D eigenvalue weighted by Gasteiger charge is -2.10. The van der Waals surface area contributed by atoms with E-state index in [4.69, 9.17) is 4.74 Å². The van der Waals surface area contributed by atoms with Gasteiger partial charge >= 0.3 is 6.18 Å². The van der Waals surface area contributed by atoms with E-state index in [1.807, 2.05) is 0 Å². The number of methoxy groups -OCH3 is 1. The van der Waals surface area contributed by atoms with E-state index in [0.29, 0.717) is 11.4 Å². The normalized spacial score (nSPS) is 11.4. The average Bonchev–Trinajstić information content (AvgIpc) is 3.45. The van der Waals surface area contributed by atoms with Crippen molar-refractivity contribution in [2.24, 2.45) is 0 Å². The van der Waals surface area contributed by atoms with E-state index >= 15 is 0 Å². The van der Waals surface area contributed by atoms with Gasteiger partial charge in [0.1, 0.15) is 6.33 Å². The van der Waals surface area contributed by atoms with Crippen molar-refractivity contribution in [3.8, 4) is 17.1 Å². The van der Waals surface area contributed by atoms with Crippen molar-refractivity contribution in [2.75, 3.05) is 12.4 Å². The lowest BCUT2D eigenvalue weighted by atomic mass is 10.1. The summed E-state index contributed by atoms with van der Waals surface area (Å²) in [5.74, 6) is -0.487. The zero-order valence-electron chi connectivity index (χ0n) is 16.8. The Morgan fingerprint density at radius 3 is 2.56 bits per heavy atom. The molecule has 0 saturated heterocycles. The van der Waals surface area contributed by atoms with Crippen LogP contribution in [0.5, 0.6) is 5.75 Å². The minimum absolute atomic E-state index is 0.0860. The predicted octanol–water partition coefficient (Wildman–Crippen LogP) is 3.44. The molecule has 32 heavy (non-hydrogen) atoms. The molecule has 0 unspecified atom stereocenters. The summed E-state index contributed by atoms with van der Waals surface area (Å²) in [6, 6.07) is 9.85. The minimum Gasteiger partial charge on any atom is -0.493 e. The number of nitrogens with zero attached hydrogens (tertiary/aromatic N) is 6. The van der Waals surface area contributed by atoms with Crippen molar-refractivity contribution in [1.29, 1.82) is 0 Å². The van der Waals surface area contributed by atoms with Crippen molar-refractivity contribution in [3.63, 3.8) is 0 Å². The van der Waals surface area contributed by atoms with Crippen molar-refractivity contribution >= 4 is 11.6 Å². The van der Waals surface area contributed by atoms with Crippen LogP contribution in [0.2, 0.25) is 0 Å². The molecule has 9 nitrogen and oxygen atoms in total. The summed E-state index contributed by atoms with van der Waals surface area (Å²) in [5, 5.41) is 17.9. The summed E-state index contributed by atoms with van der Waals surface area (Å²) < 4.78 is 46.9. The Morgan fingerprint density at radius 1 is 1.09 bits per heavy atom. The van der Waals surface area contributed by atoms with Gasteiger partial charge in [0.05, 0.1) is 30.2 Å². The number of alkyl halides is 3. The SMILES string of the molecule is COc1cn(-c2cccc(C(F)(F)F)c2)nc1C(=O)Nc1cc(-n2cnnn2)ccc1C. The Morgan fingerprint density at radius 2 is 1.88 bits per heavy atom. The van der Waals surface area contributed by atoms with Gasteiger partial charge in [0, 0.05) is 5.69 Å². The third kappa shape index (κ3) is 4.15. The highest BCUT2D eigenvalue weighted by Crippen LogP contribution is 2.31. The molecule has 0 aliphatic heterocycles. The molecule has 2 aromatic heterocycles. The molecule has 2 heterocycles. The highest BCUT2D eigenvalue weighted by Gasteiger charge is 2.30. The van der Waals surface area contributed by atoms with Crippen LogP contribution < -0.4 is 10.1 Å². The average molecular weight is 443 g/mol. The van der Waals surface area contributed by atoms with Gasteiger partial charge in [0.25, 0.3) is 5.91 Å². The number of amides is 1. The van der Waals surface area contributed by atoms with Gasteiger partial charge in [-0.15, -0.1) is 5.10 Å². The fraction of sp³-hybridized carbons (Fsp3) is 0.150. The molecule has 0 aliphatic carbocycles. The number of tetrazole rings is 1. The van der Waals surface area contributed by atoms with E-state index in [0.717, 1.165) is 22.4 Å². The molecule has 1 amide bonds. The second kappa shape index (κ2) is 8.13. The van der Waals surface area contributed by atoms with Crippen LogP contribution in [-0.2, 0) is 6.18 Å². The number of hydrogen-bond donors (Lipinski definition) is 1. The molecular formula is C20H16F3N7O2. The van der Waals surface area contributed by atoms with E-state index in [-0.39, 0.29) is 17.1 Å². The van der Waals surface area contributed by atoms with Gasteiger partial charge in [-0.2, -0.15) is 18.3 Å². The number of aromatic nitrogens is 6. The first-order valence-electron chi connectivity index (χ1n) is 9.23. The summed E-state index contributed by atoms with van der Waals surface area (Å²) in [7, 11) is 1.34. The van der Waals surface area contributed by atoms with Crippen LogP contribution in [0.1, 0.15) is 21.6 Å². The molecule has 2 aromatic carbocycles. The summed E-state index contributed by atoms with van der Waals surface area (Å²) in [6.07, 6.45) is -1.75. The fourth-order valence-corrected chi connectivity index (χ4v) is 2.97. The summed E-state index contributed by atoms with van der Waals surface area (Å²) in [5.41, 5.74) is 1.10.